The Morgan fingerprint density at radius 2 is 1.95 bits per heavy atom. The van der Waals surface area contributed by atoms with Crippen molar-refractivity contribution in [2.75, 3.05) is 7.05 Å². The lowest BCUT2D eigenvalue weighted by Gasteiger charge is -2.17. The highest BCUT2D eigenvalue weighted by atomic mass is 79.9. The van der Waals surface area contributed by atoms with E-state index in [1.807, 2.05) is 20.3 Å². The van der Waals surface area contributed by atoms with Crippen LogP contribution in [-0.4, -0.2) is 22.0 Å². The molecule has 0 saturated carbocycles. The average Bonchev–Trinajstić information content (AvgIpc) is 2.78. The third kappa shape index (κ3) is 3.22. The first-order valence-electron chi connectivity index (χ1n) is 6.30. The Bertz CT molecular complexity index is 554. The normalized spacial score (nSPS) is 12.7. The van der Waals surface area contributed by atoms with Crippen molar-refractivity contribution >= 4 is 15.9 Å². The van der Waals surface area contributed by atoms with Gasteiger partial charge in [-0.1, -0.05) is 33.3 Å². The maximum Gasteiger partial charge on any atom is 0.0845 e. The molecule has 1 N–H and O–H groups in total. The third-order valence-electron chi connectivity index (χ3n) is 3.27. The molecule has 0 amide bonds. The second kappa shape index (κ2) is 5.84. The Morgan fingerprint density at radius 3 is 2.42 bits per heavy atom. The summed E-state index contributed by atoms with van der Waals surface area (Å²) in [6.45, 7) is 4.24. The van der Waals surface area contributed by atoms with Crippen molar-refractivity contribution in [3.63, 3.8) is 0 Å². The second-order valence-corrected chi connectivity index (χ2v) is 5.69. The predicted molar refractivity (Wildman–Crippen MR) is 80.1 cm³/mol. The first kappa shape index (κ1) is 14.2. The predicted octanol–water partition coefficient (Wildman–Crippen LogP) is 2.70. The maximum absolute atomic E-state index is 4.16. The van der Waals surface area contributed by atoms with Gasteiger partial charge in [0, 0.05) is 30.2 Å². The lowest BCUT2D eigenvalue weighted by Crippen LogP contribution is -2.19. The van der Waals surface area contributed by atoms with Crippen LogP contribution in [0.15, 0.2) is 22.8 Å². The molecule has 0 aliphatic heterocycles. The minimum Gasteiger partial charge on any atom is -0.313 e. The summed E-state index contributed by atoms with van der Waals surface area (Å²) < 4.78 is 2.92. The smallest absolute Gasteiger partial charge is 0.0845 e. The number of aryl methyl sites for hydroxylation is 3. The van der Waals surface area contributed by atoms with Gasteiger partial charge in [0.2, 0.25) is 0 Å². The molecular formula is C14H19BrN4. The van der Waals surface area contributed by atoms with Gasteiger partial charge in [-0.15, -0.1) is 5.10 Å². The average molecular weight is 323 g/mol. The van der Waals surface area contributed by atoms with Crippen molar-refractivity contribution in [1.82, 2.24) is 20.3 Å². The fourth-order valence-corrected chi connectivity index (χ4v) is 2.49. The van der Waals surface area contributed by atoms with E-state index in [0.717, 1.165) is 12.1 Å². The number of halogens is 1. The van der Waals surface area contributed by atoms with Crippen LogP contribution in [0.4, 0.5) is 0 Å². The molecule has 2 aromatic rings. The first-order chi connectivity index (χ1) is 9.01. The van der Waals surface area contributed by atoms with Gasteiger partial charge in [0.1, 0.15) is 0 Å². The Balaban J connectivity index is 2.27. The van der Waals surface area contributed by atoms with E-state index in [1.165, 1.54) is 21.2 Å². The molecule has 0 aliphatic rings. The molecule has 19 heavy (non-hydrogen) atoms. The summed E-state index contributed by atoms with van der Waals surface area (Å²) in [6.07, 6.45) is 2.80. The van der Waals surface area contributed by atoms with Crippen LogP contribution in [0.25, 0.3) is 0 Å². The summed E-state index contributed by atoms with van der Waals surface area (Å²) in [4.78, 5) is 0. The van der Waals surface area contributed by atoms with Crippen LogP contribution < -0.4 is 5.32 Å². The van der Waals surface area contributed by atoms with Crippen LogP contribution in [-0.2, 0) is 13.5 Å². The van der Waals surface area contributed by atoms with Crippen LogP contribution in [0.3, 0.4) is 0 Å². The Hall–Kier alpha value is -1.20. The molecule has 0 radical (unpaired) electrons. The largest absolute Gasteiger partial charge is 0.313 e. The molecule has 1 unspecified atom stereocenters. The number of benzene rings is 1. The Kier molecular flexibility index (Phi) is 4.37. The molecule has 0 bridgehead atoms. The van der Waals surface area contributed by atoms with Crippen LogP contribution in [0.2, 0.25) is 0 Å². The molecule has 5 heteroatoms. The van der Waals surface area contributed by atoms with Crippen molar-refractivity contribution in [1.29, 1.82) is 0 Å². The van der Waals surface area contributed by atoms with Gasteiger partial charge < -0.3 is 5.32 Å². The molecule has 1 aromatic heterocycles. The van der Waals surface area contributed by atoms with Gasteiger partial charge in [-0.05, 0) is 37.6 Å². The molecule has 2 rings (SSSR count). The Morgan fingerprint density at radius 1 is 1.32 bits per heavy atom. The molecule has 102 valence electrons. The number of hydrogen-bond donors (Lipinski definition) is 1. The molecule has 0 saturated heterocycles. The van der Waals surface area contributed by atoms with Crippen LogP contribution in [0.1, 0.15) is 28.4 Å². The fourth-order valence-electron chi connectivity index (χ4n) is 2.27. The fraction of sp³-hybridized carbons (Fsp3) is 0.429. The minimum absolute atomic E-state index is 0.252. The van der Waals surface area contributed by atoms with E-state index in [-0.39, 0.29) is 6.04 Å². The van der Waals surface area contributed by atoms with Crippen LogP contribution in [0.5, 0.6) is 0 Å². The number of nitrogens with zero attached hydrogens (tertiary/aromatic N) is 3. The van der Waals surface area contributed by atoms with Crippen molar-refractivity contribution in [2.45, 2.75) is 26.3 Å². The van der Waals surface area contributed by atoms with E-state index in [9.17, 15) is 0 Å². The third-order valence-corrected chi connectivity index (χ3v) is 4.52. The lowest BCUT2D eigenvalue weighted by molar-refractivity contribution is 0.582. The zero-order chi connectivity index (χ0) is 14.0. The number of likely N-dealkylation sites (N-methyl/N-ethyl adjacent to an activating group) is 1. The quantitative estimate of drug-likeness (QED) is 0.941. The highest BCUT2D eigenvalue weighted by Crippen LogP contribution is 2.26. The van der Waals surface area contributed by atoms with E-state index in [2.05, 4.69) is 57.5 Å². The summed E-state index contributed by atoms with van der Waals surface area (Å²) >= 11 is 3.61. The SMILES string of the molecule is CNC(Cc1cn(C)nn1)c1cc(C)c(Br)c(C)c1. The summed E-state index contributed by atoms with van der Waals surface area (Å²) in [5.74, 6) is 0. The molecule has 1 aromatic carbocycles. The number of hydrogen-bond acceptors (Lipinski definition) is 3. The van der Waals surface area contributed by atoms with Crippen LogP contribution >= 0.6 is 15.9 Å². The second-order valence-electron chi connectivity index (χ2n) is 4.90. The standard InChI is InChI=1S/C14H19BrN4/c1-9-5-11(6-10(2)14(9)15)13(16-3)7-12-8-19(4)18-17-12/h5-6,8,13,16H,7H2,1-4H3. The summed E-state index contributed by atoms with van der Waals surface area (Å²) in [5.41, 5.74) is 4.80. The van der Waals surface area contributed by atoms with Gasteiger partial charge in [0.15, 0.2) is 0 Å². The molecule has 4 nitrogen and oxygen atoms in total. The molecule has 0 aliphatic carbocycles. The van der Waals surface area contributed by atoms with E-state index < -0.39 is 0 Å². The molecule has 1 atom stereocenters. The van der Waals surface area contributed by atoms with E-state index in [1.54, 1.807) is 4.68 Å². The number of rotatable bonds is 4. The Labute approximate surface area is 122 Å². The zero-order valence-electron chi connectivity index (χ0n) is 11.7. The summed E-state index contributed by atoms with van der Waals surface area (Å²) in [6, 6.07) is 4.69. The van der Waals surface area contributed by atoms with Gasteiger partial charge in [0.25, 0.3) is 0 Å². The summed E-state index contributed by atoms with van der Waals surface area (Å²) in [7, 11) is 3.87. The van der Waals surface area contributed by atoms with E-state index in [0.29, 0.717) is 0 Å². The lowest BCUT2D eigenvalue weighted by atomic mass is 9.98. The molecular weight excluding hydrogens is 304 g/mol. The number of aromatic nitrogens is 3. The summed E-state index contributed by atoms with van der Waals surface area (Å²) in [5, 5.41) is 11.5. The molecule has 0 fully saturated rings. The molecule has 0 spiro atoms. The van der Waals surface area contributed by atoms with Gasteiger partial charge in [-0.3, -0.25) is 4.68 Å². The highest BCUT2D eigenvalue weighted by Gasteiger charge is 2.14. The minimum atomic E-state index is 0.252. The van der Waals surface area contributed by atoms with Crippen molar-refractivity contribution in [3.05, 3.63) is 45.2 Å². The van der Waals surface area contributed by atoms with Gasteiger partial charge in [0.05, 0.1) is 5.69 Å². The number of nitrogens with one attached hydrogen (secondary N) is 1. The van der Waals surface area contributed by atoms with Gasteiger partial charge >= 0.3 is 0 Å². The van der Waals surface area contributed by atoms with Crippen molar-refractivity contribution < 1.29 is 0 Å². The zero-order valence-corrected chi connectivity index (χ0v) is 13.3. The monoisotopic (exact) mass is 322 g/mol. The van der Waals surface area contributed by atoms with Crippen molar-refractivity contribution in [3.8, 4) is 0 Å². The highest BCUT2D eigenvalue weighted by molar-refractivity contribution is 9.10. The first-order valence-corrected chi connectivity index (χ1v) is 7.09. The maximum atomic E-state index is 4.16. The van der Waals surface area contributed by atoms with Gasteiger partial charge in [-0.2, -0.15) is 0 Å². The van der Waals surface area contributed by atoms with Gasteiger partial charge in [-0.25, -0.2) is 0 Å². The van der Waals surface area contributed by atoms with Crippen LogP contribution in [0, 0.1) is 13.8 Å². The van der Waals surface area contributed by atoms with E-state index in [4.69, 9.17) is 0 Å². The molecule has 1 heterocycles. The van der Waals surface area contributed by atoms with E-state index >= 15 is 0 Å². The van der Waals surface area contributed by atoms with Crippen molar-refractivity contribution in [2.24, 2.45) is 7.05 Å². The topological polar surface area (TPSA) is 42.7 Å².